The van der Waals surface area contributed by atoms with Crippen molar-refractivity contribution in [3.63, 3.8) is 0 Å². The number of allylic oxidation sites excluding steroid dienone is 6. The zero-order chi connectivity index (χ0) is 35.6. The molecule has 2 amide bonds. The highest BCUT2D eigenvalue weighted by Gasteiger charge is 2.57. The van der Waals surface area contributed by atoms with Crippen molar-refractivity contribution in [2.75, 3.05) is 19.1 Å². The number of amides is 2. The zero-order valence-corrected chi connectivity index (χ0v) is 29.3. The van der Waals surface area contributed by atoms with E-state index in [-0.39, 0.29) is 40.0 Å². The van der Waals surface area contributed by atoms with Gasteiger partial charge in [-0.05, 0) is 76.0 Å². The van der Waals surface area contributed by atoms with Crippen LogP contribution in [0.1, 0.15) is 35.4 Å². The van der Waals surface area contributed by atoms with E-state index in [4.69, 9.17) is 9.47 Å². The molecule has 1 heterocycles. The lowest BCUT2D eigenvalue weighted by Crippen LogP contribution is -2.39. The van der Waals surface area contributed by atoms with Gasteiger partial charge in [0.15, 0.2) is 11.6 Å². The smallest absolute Gasteiger partial charge is 0.238 e. The molecule has 0 saturated carbocycles. The van der Waals surface area contributed by atoms with E-state index in [1.807, 2.05) is 78.9 Å². The number of ketones is 2. The van der Waals surface area contributed by atoms with Gasteiger partial charge in [0.2, 0.25) is 11.8 Å². The highest BCUT2D eigenvalue weighted by atomic mass is 79.9. The number of rotatable bonds is 6. The number of aromatic hydroxyl groups is 1. The number of hydrogen-bond acceptors (Lipinski definition) is 7. The molecular formula is C42H32BrNO7. The molecule has 4 unspecified atom stereocenters. The molecule has 254 valence electrons. The molecule has 0 aromatic heterocycles. The fourth-order valence-electron chi connectivity index (χ4n) is 8.21. The quantitative estimate of drug-likeness (QED) is 0.0934. The fraction of sp³-hybridized carbons (Fsp3) is 0.190. The molecule has 0 spiro atoms. The van der Waals surface area contributed by atoms with Gasteiger partial charge in [-0.25, -0.2) is 0 Å². The van der Waals surface area contributed by atoms with Crippen molar-refractivity contribution in [2.24, 2.45) is 17.8 Å². The first-order valence-electron chi connectivity index (χ1n) is 16.7. The number of phenolic OH excluding ortho intramolecular Hbond substituents is 1. The molecule has 0 radical (unpaired) electrons. The molecule has 4 aromatic rings. The minimum atomic E-state index is -0.746. The van der Waals surface area contributed by atoms with Crippen molar-refractivity contribution in [3.05, 3.63) is 129 Å². The maximum absolute atomic E-state index is 14.4. The summed E-state index contributed by atoms with van der Waals surface area (Å²) in [6.07, 6.45) is 7.51. The lowest BCUT2D eigenvalue weighted by molar-refractivity contribution is -0.123. The summed E-state index contributed by atoms with van der Waals surface area (Å²) in [6.45, 7) is 0. The van der Waals surface area contributed by atoms with Crippen LogP contribution >= 0.6 is 15.9 Å². The second kappa shape index (κ2) is 12.7. The Morgan fingerprint density at radius 3 is 2.41 bits per heavy atom. The van der Waals surface area contributed by atoms with E-state index in [9.17, 15) is 24.3 Å². The van der Waals surface area contributed by atoms with Gasteiger partial charge in [-0.15, -0.1) is 0 Å². The van der Waals surface area contributed by atoms with Crippen LogP contribution in [-0.4, -0.2) is 42.7 Å². The van der Waals surface area contributed by atoms with E-state index in [2.05, 4.69) is 15.9 Å². The molecule has 4 atom stereocenters. The SMILES string of the molecule is COc1ccc(OC)c(C=Cc2ccc(N3C(=O)C4CC=C5C(c6ccc7ccccc7c6O)C6=C(CC5C4C3=O)C(=O)C(Br)=CC6=O)cc2)c1. The van der Waals surface area contributed by atoms with E-state index in [0.29, 0.717) is 45.7 Å². The van der Waals surface area contributed by atoms with E-state index >= 15 is 0 Å². The van der Waals surface area contributed by atoms with Crippen LogP contribution in [0.4, 0.5) is 5.69 Å². The molecule has 4 aromatic carbocycles. The predicted molar refractivity (Wildman–Crippen MR) is 198 cm³/mol. The minimum absolute atomic E-state index is 0.0249. The summed E-state index contributed by atoms with van der Waals surface area (Å²) in [6, 6.07) is 23.8. The highest BCUT2D eigenvalue weighted by molar-refractivity contribution is 9.12. The van der Waals surface area contributed by atoms with Crippen LogP contribution in [0, 0.1) is 17.8 Å². The number of Topliss-reactive ketones (excluding diaryl/α,β-unsaturated/α-hetero) is 1. The topological polar surface area (TPSA) is 110 Å². The number of nitrogens with zero attached hydrogens (tertiary/aromatic N) is 1. The lowest BCUT2D eigenvalue weighted by atomic mass is 9.59. The van der Waals surface area contributed by atoms with Crippen LogP contribution in [0.25, 0.3) is 22.9 Å². The first kappa shape index (κ1) is 32.7. The van der Waals surface area contributed by atoms with Gasteiger partial charge in [-0.1, -0.05) is 72.3 Å². The molecule has 9 heteroatoms. The van der Waals surface area contributed by atoms with Crippen molar-refractivity contribution in [2.45, 2.75) is 18.8 Å². The van der Waals surface area contributed by atoms with Gasteiger partial charge < -0.3 is 14.6 Å². The number of carbonyl (C=O) groups excluding carboxylic acids is 4. The average Bonchev–Trinajstić information content (AvgIpc) is 3.41. The average molecular weight is 743 g/mol. The largest absolute Gasteiger partial charge is 0.507 e. The normalized spacial score (nSPS) is 22.9. The van der Waals surface area contributed by atoms with Crippen molar-refractivity contribution >= 4 is 67.9 Å². The Labute approximate surface area is 302 Å². The monoisotopic (exact) mass is 741 g/mol. The third kappa shape index (κ3) is 5.26. The first-order chi connectivity index (χ1) is 24.7. The van der Waals surface area contributed by atoms with Gasteiger partial charge in [0.05, 0.1) is 36.2 Å². The Bertz CT molecular complexity index is 2320. The number of phenols is 1. The third-order valence-electron chi connectivity index (χ3n) is 10.6. The number of hydrogen-bond donors (Lipinski definition) is 1. The Hall–Kier alpha value is -5.54. The molecule has 3 aliphatic carbocycles. The maximum atomic E-state index is 14.4. The van der Waals surface area contributed by atoms with Crippen LogP contribution in [0.3, 0.4) is 0 Å². The number of ether oxygens (including phenoxy) is 2. The highest BCUT2D eigenvalue weighted by Crippen LogP contribution is 2.57. The second-order valence-electron chi connectivity index (χ2n) is 13.2. The fourth-order valence-corrected chi connectivity index (χ4v) is 8.66. The van der Waals surface area contributed by atoms with E-state index in [0.717, 1.165) is 22.1 Å². The van der Waals surface area contributed by atoms with Crippen LogP contribution in [0.15, 0.2) is 112 Å². The number of fused-ring (bicyclic) bond motifs is 4. The van der Waals surface area contributed by atoms with Crippen LogP contribution in [0.5, 0.6) is 17.2 Å². The molecule has 1 fully saturated rings. The van der Waals surface area contributed by atoms with Crippen molar-refractivity contribution < 1.29 is 33.8 Å². The van der Waals surface area contributed by atoms with Crippen LogP contribution in [0.2, 0.25) is 0 Å². The third-order valence-corrected chi connectivity index (χ3v) is 11.2. The summed E-state index contributed by atoms with van der Waals surface area (Å²) in [5.74, 6) is -2.46. The minimum Gasteiger partial charge on any atom is -0.507 e. The molecule has 1 N–H and O–H groups in total. The van der Waals surface area contributed by atoms with E-state index in [1.54, 1.807) is 32.4 Å². The number of imide groups is 1. The zero-order valence-electron chi connectivity index (χ0n) is 27.8. The van der Waals surface area contributed by atoms with Gasteiger partial charge in [-0.3, -0.25) is 24.1 Å². The summed E-state index contributed by atoms with van der Waals surface area (Å²) in [4.78, 5) is 56.9. The second-order valence-corrected chi connectivity index (χ2v) is 14.0. The number of halogens is 1. The van der Waals surface area contributed by atoms with Crippen molar-refractivity contribution in [3.8, 4) is 17.2 Å². The Kier molecular flexibility index (Phi) is 8.10. The molecule has 8 rings (SSSR count). The predicted octanol–water partition coefficient (Wildman–Crippen LogP) is 7.70. The van der Waals surface area contributed by atoms with Gasteiger partial charge >= 0.3 is 0 Å². The summed E-state index contributed by atoms with van der Waals surface area (Å²) in [5, 5.41) is 13.1. The van der Waals surface area contributed by atoms with Crippen molar-refractivity contribution in [1.82, 2.24) is 0 Å². The van der Waals surface area contributed by atoms with Gasteiger partial charge in [0, 0.05) is 39.7 Å². The van der Waals surface area contributed by atoms with E-state index in [1.165, 1.54) is 11.0 Å². The van der Waals surface area contributed by atoms with Gasteiger partial charge in [-0.2, -0.15) is 0 Å². The van der Waals surface area contributed by atoms with Crippen molar-refractivity contribution in [1.29, 1.82) is 0 Å². The van der Waals surface area contributed by atoms with Crippen LogP contribution < -0.4 is 14.4 Å². The van der Waals surface area contributed by atoms with E-state index < -0.39 is 23.7 Å². The number of anilines is 1. The summed E-state index contributed by atoms with van der Waals surface area (Å²) in [7, 11) is 3.21. The maximum Gasteiger partial charge on any atom is 0.238 e. The summed E-state index contributed by atoms with van der Waals surface area (Å²) >= 11 is 3.28. The molecule has 8 nitrogen and oxygen atoms in total. The number of benzene rings is 4. The number of methoxy groups -OCH3 is 2. The number of carbonyl (C=O) groups is 4. The van der Waals surface area contributed by atoms with Crippen LogP contribution in [-0.2, 0) is 19.2 Å². The molecule has 51 heavy (non-hydrogen) atoms. The van der Waals surface area contributed by atoms with Gasteiger partial charge in [0.1, 0.15) is 17.2 Å². The Morgan fingerprint density at radius 1 is 0.863 bits per heavy atom. The molecule has 4 aliphatic rings. The standard InChI is InChI=1S/C42H32BrNO7/c1-50-26-14-18-35(51-2)24(19-26)10-7-22-8-12-25(13-9-22)44-41(48)30-17-16-28-31(37(30)42(44)49)20-32-38(34(45)21-33(43)40(32)47)36(28)29-15-11-23-5-3-4-6-27(23)39(29)46/h3-16,18-19,21,30-31,36-37,46H,17,20H2,1-2H3. The Morgan fingerprint density at radius 2 is 1.65 bits per heavy atom. The molecule has 1 aliphatic heterocycles. The summed E-state index contributed by atoms with van der Waals surface area (Å²) in [5.41, 5.74) is 4.06. The summed E-state index contributed by atoms with van der Waals surface area (Å²) < 4.78 is 11.0. The molecule has 1 saturated heterocycles. The lowest BCUT2D eigenvalue weighted by Gasteiger charge is -2.42. The first-order valence-corrected chi connectivity index (χ1v) is 17.5. The molecular weight excluding hydrogens is 710 g/mol. The Balaban J connectivity index is 1.14. The molecule has 0 bridgehead atoms. The van der Waals surface area contributed by atoms with Gasteiger partial charge in [0.25, 0.3) is 0 Å².